The highest BCUT2D eigenvalue weighted by molar-refractivity contribution is 9.10. The summed E-state index contributed by atoms with van der Waals surface area (Å²) in [5.74, 6) is 0.572. The summed E-state index contributed by atoms with van der Waals surface area (Å²) in [6.07, 6.45) is 0.920. The lowest BCUT2D eigenvalue weighted by Crippen LogP contribution is -2.14. The van der Waals surface area contributed by atoms with Gasteiger partial charge in [0, 0.05) is 5.56 Å². The van der Waals surface area contributed by atoms with Gasteiger partial charge in [-0.3, -0.25) is 4.79 Å². The summed E-state index contributed by atoms with van der Waals surface area (Å²) < 4.78 is 12.2. The number of hydrogen-bond donors (Lipinski definition) is 1. The molecule has 0 aliphatic rings. The first kappa shape index (κ1) is 22.4. The highest BCUT2D eigenvalue weighted by Crippen LogP contribution is 2.38. The van der Waals surface area contributed by atoms with Crippen LogP contribution >= 0.6 is 27.5 Å². The van der Waals surface area contributed by atoms with Gasteiger partial charge in [0.05, 0.1) is 27.9 Å². The summed E-state index contributed by atoms with van der Waals surface area (Å²) in [6, 6.07) is 20.8. The Morgan fingerprint density at radius 2 is 1.94 bits per heavy atom. The fourth-order valence-corrected chi connectivity index (χ4v) is 4.81. The van der Waals surface area contributed by atoms with E-state index in [1.54, 1.807) is 18.2 Å². The third kappa shape index (κ3) is 4.04. The topological polar surface area (TPSA) is 64.4 Å². The number of aromatic nitrogens is 1. The number of anilines is 1. The predicted octanol–water partition coefficient (Wildman–Crippen LogP) is 7.89. The van der Waals surface area contributed by atoms with Gasteiger partial charge in [0.1, 0.15) is 11.3 Å². The van der Waals surface area contributed by atoms with E-state index in [1.165, 1.54) is 12.7 Å². The minimum atomic E-state index is -0.340. The molecule has 0 aliphatic heterocycles. The molecule has 0 fully saturated rings. The largest absolute Gasteiger partial charge is 0.495 e. The molecule has 170 valence electrons. The zero-order valence-corrected chi connectivity index (χ0v) is 20.8. The maximum Gasteiger partial charge on any atom is 0.259 e. The Balaban J connectivity index is 1.51. The van der Waals surface area contributed by atoms with E-state index in [0.717, 1.165) is 27.2 Å². The van der Waals surface area contributed by atoms with Crippen LogP contribution in [0.5, 0.6) is 5.75 Å². The Morgan fingerprint density at radius 3 is 2.74 bits per heavy atom. The summed E-state index contributed by atoms with van der Waals surface area (Å²) in [7, 11) is 1.54. The third-order valence-corrected chi connectivity index (χ3v) is 6.83. The maximum absolute atomic E-state index is 13.3. The van der Waals surface area contributed by atoms with Crippen molar-refractivity contribution < 1.29 is 13.9 Å². The zero-order chi connectivity index (χ0) is 23.8. The smallest absolute Gasteiger partial charge is 0.259 e. The Morgan fingerprint density at radius 1 is 1.12 bits per heavy atom. The molecule has 0 saturated heterocycles. The van der Waals surface area contributed by atoms with E-state index in [-0.39, 0.29) is 5.91 Å². The lowest BCUT2D eigenvalue weighted by atomic mass is 10.0. The average Bonchev–Trinajstić information content (AvgIpc) is 3.28. The molecular weight excluding hydrogens is 516 g/mol. The number of ether oxygens (including phenoxy) is 1. The van der Waals surface area contributed by atoms with Gasteiger partial charge in [-0.1, -0.05) is 48.9 Å². The first-order chi connectivity index (χ1) is 16.5. The SMILES string of the molecule is CCc1ccc2oc(-c3ccc(Cl)c(NC(=O)c4cc5ccccc5c(Br)c4OC)c3)nc2c1. The van der Waals surface area contributed by atoms with Gasteiger partial charge in [0.2, 0.25) is 5.89 Å². The number of fused-ring (bicyclic) bond motifs is 2. The molecule has 0 atom stereocenters. The predicted molar refractivity (Wildman–Crippen MR) is 140 cm³/mol. The van der Waals surface area contributed by atoms with Crippen molar-refractivity contribution in [2.45, 2.75) is 13.3 Å². The molecule has 5 aromatic rings. The van der Waals surface area contributed by atoms with Crippen LogP contribution in [0, 0.1) is 0 Å². The quantitative estimate of drug-likeness (QED) is 0.248. The Bertz CT molecular complexity index is 1560. The second kappa shape index (κ2) is 9.12. The fourth-order valence-electron chi connectivity index (χ4n) is 3.91. The molecule has 34 heavy (non-hydrogen) atoms. The van der Waals surface area contributed by atoms with Crippen molar-refractivity contribution in [1.29, 1.82) is 0 Å². The average molecular weight is 536 g/mol. The van der Waals surface area contributed by atoms with Crippen molar-refractivity contribution in [1.82, 2.24) is 4.98 Å². The summed E-state index contributed by atoms with van der Waals surface area (Å²) in [4.78, 5) is 17.9. The molecule has 0 unspecified atom stereocenters. The van der Waals surface area contributed by atoms with Gasteiger partial charge in [-0.25, -0.2) is 4.98 Å². The second-order valence-corrected chi connectivity index (χ2v) is 9.02. The molecule has 0 spiro atoms. The number of nitrogens with one attached hydrogen (secondary N) is 1. The Labute approximate surface area is 209 Å². The molecule has 1 aromatic heterocycles. The van der Waals surface area contributed by atoms with E-state index < -0.39 is 0 Å². The van der Waals surface area contributed by atoms with Gasteiger partial charge < -0.3 is 14.5 Å². The van der Waals surface area contributed by atoms with Gasteiger partial charge in [-0.2, -0.15) is 0 Å². The molecule has 0 aliphatic carbocycles. The van der Waals surface area contributed by atoms with Crippen LogP contribution in [0.3, 0.4) is 0 Å². The summed E-state index contributed by atoms with van der Waals surface area (Å²) in [5.41, 5.74) is 4.24. The molecule has 0 saturated carbocycles. The minimum absolute atomic E-state index is 0.340. The lowest BCUT2D eigenvalue weighted by molar-refractivity contribution is 0.102. The standard InChI is InChI=1S/C27H20BrClN2O3/c1-3-15-8-11-23-22(12-15)31-27(34-23)17-9-10-20(29)21(14-17)30-26(32)19-13-16-6-4-5-7-18(16)24(28)25(19)33-2/h4-14H,3H2,1-2H3,(H,30,32). The number of aryl methyl sites for hydroxylation is 1. The van der Waals surface area contributed by atoms with Crippen molar-refractivity contribution in [3.05, 3.63) is 87.4 Å². The van der Waals surface area contributed by atoms with E-state index in [9.17, 15) is 4.79 Å². The van der Waals surface area contributed by atoms with Crippen LogP contribution in [0.4, 0.5) is 5.69 Å². The van der Waals surface area contributed by atoms with Crippen molar-refractivity contribution in [2.24, 2.45) is 0 Å². The van der Waals surface area contributed by atoms with Crippen molar-refractivity contribution in [3.8, 4) is 17.2 Å². The van der Waals surface area contributed by atoms with Gasteiger partial charge in [-0.05, 0) is 75.1 Å². The van der Waals surface area contributed by atoms with Crippen LogP contribution in [-0.2, 0) is 6.42 Å². The van der Waals surface area contributed by atoms with E-state index >= 15 is 0 Å². The number of benzene rings is 4. The van der Waals surface area contributed by atoms with Crippen molar-refractivity contribution in [2.75, 3.05) is 12.4 Å². The number of nitrogens with zero attached hydrogens (tertiary/aromatic N) is 1. The van der Waals surface area contributed by atoms with E-state index in [0.29, 0.717) is 39.1 Å². The molecule has 1 amide bonds. The molecule has 5 rings (SSSR count). The maximum atomic E-state index is 13.3. The van der Waals surface area contributed by atoms with Crippen molar-refractivity contribution in [3.63, 3.8) is 0 Å². The van der Waals surface area contributed by atoms with E-state index in [2.05, 4.69) is 33.2 Å². The number of amides is 1. The number of carbonyl (C=O) groups is 1. The number of hydrogen-bond acceptors (Lipinski definition) is 4. The first-order valence-corrected chi connectivity index (χ1v) is 11.9. The Kier molecular flexibility index (Phi) is 6.02. The number of methoxy groups -OCH3 is 1. The highest BCUT2D eigenvalue weighted by atomic mass is 79.9. The number of halogens is 2. The van der Waals surface area contributed by atoms with Crippen LogP contribution in [0.15, 0.2) is 75.6 Å². The van der Waals surface area contributed by atoms with Crippen LogP contribution in [-0.4, -0.2) is 18.0 Å². The van der Waals surface area contributed by atoms with Gasteiger partial charge in [0.15, 0.2) is 5.58 Å². The molecule has 7 heteroatoms. The molecule has 0 radical (unpaired) electrons. The monoisotopic (exact) mass is 534 g/mol. The zero-order valence-electron chi connectivity index (χ0n) is 18.5. The molecular formula is C27H20BrClN2O3. The second-order valence-electron chi connectivity index (χ2n) is 7.82. The van der Waals surface area contributed by atoms with Crippen LogP contribution in [0.2, 0.25) is 5.02 Å². The van der Waals surface area contributed by atoms with E-state index in [4.69, 9.17) is 20.8 Å². The summed E-state index contributed by atoms with van der Waals surface area (Å²) in [5, 5.41) is 5.19. The van der Waals surface area contributed by atoms with Crippen LogP contribution in [0.1, 0.15) is 22.8 Å². The lowest BCUT2D eigenvalue weighted by Gasteiger charge is -2.14. The molecule has 0 bridgehead atoms. The number of oxazole rings is 1. The van der Waals surface area contributed by atoms with Crippen LogP contribution < -0.4 is 10.1 Å². The molecule has 5 nitrogen and oxygen atoms in total. The molecule has 4 aromatic carbocycles. The highest BCUT2D eigenvalue weighted by Gasteiger charge is 2.20. The molecule has 1 heterocycles. The van der Waals surface area contributed by atoms with Crippen molar-refractivity contribution >= 4 is 61.0 Å². The Hall–Kier alpha value is -3.35. The van der Waals surface area contributed by atoms with Gasteiger partial charge >= 0.3 is 0 Å². The van der Waals surface area contributed by atoms with E-state index in [1.807, 2.05) is 48.5 Å². The van der Waals surface area contributed by atoms with Gasteiger partial charge in [0.25, 0.3) is 5.91 Å². The van der Waals surface area contributed by atoms with Crippen LogP contribution in [0.25, 0.3) is 33.3 Å². The first-order valence-electron chi connectivity index (χ1n) is 10.7. The normalized spacial score (nSPS) is 11.2. The summed E-state index contributed by atoms with van der Waals surface area (Å²) in [6.45, 7) is 2.10. The number of rotatable bonds is 5. The van der Waals surface area contributed by atoms with Gasteiger partial charge in [-0.15, -0.1) is 0 Å². The third-order valence-electron chi connectivity index (χ3n) is 5.71. The number of carbonyl (C=O) groups excluding carboxylic acids is 1. The minimum Gasteiger partial charge on any atom is -0.495 e. The summed E-state index contributed by atoms with van der Waals surface area (Å²) >= 11 is 10.0. The fraction of sp³-hybridized carbons (Fsp3) is 0.111. The molecule has 1 N–H and O–H groups in total.